The first-order valence-corrected chi connectivity index (χ1v) is 7.61. The van der Waals surface area contributed by atoms with Gasteiger partial charge in [0.25, 0.3) is 0 Å². The number of carbonyl (C=O) groups is 1. The van der Waals surface area contributed by atoms with Gasteiger partial charge in [0, 0.05) is 17.8 Å². The SMILES string of the molecule is C=C1C(Cc2ccc3c(c2)NCC3)=CC(=O)c2ccccc21. The van der Waals surface area contributed by atoms with E-state index >= 15 is 0 Å². The molecule has 2 aliphatic rings. The summed E-state index contributed by atoms with van der Waals surface area (Å²) < 4.78 is 0. The zero-order chi connectivity index (χ0) is 15.1. The van der Waals surface area contributed by atoms with Crippen LogP contribution in [-0.4, -0.2) is 12.3 Å². The first-order chi connectivity index (χ1) is 10.7. The normalized spacial score (nSPS) is 15.9. The van der Waals surface area contributed by atoms with Crippen LogP contribution in [0.1, 0.15) is 27.0 Å². The van der Waals surface area contributed by atoms with Crippen molar-refractivity contribution in [1.29, 1.82) is 0 Å². The third-order valence-corrected chi connectivity index (χ3v) is 4.49. The maximum atomic E-state index is 12.3. The van der Waals surface area contributed by atoms with Crippen molar-refractivity contribution in [3.05, 3.63) is 82.9 Å². The lowest BCUT2D eigenvalue weighted by atomic mass is 9.84. The van der Waals surface area contributed by atoms with Crippen LogP contribution in [0.15, 0.2) is 60.7 Å². The summed E-state index contributed by atoms with van der Waals surface area (Å²) >= 11 is 0. The maximum Gasteiger partial charge on any atom is 0.186 e. The van der Waals surface area contributed by atoms with Crippen LogP contribution < -0.4 is 5.32 Å². The molecule has 2 heteroatoms. The smallest absolute Gasteiger partial charge is 0.186 e. The lowest BCUT2D eigenvalue weighted by molar-refractivity contribution is 0.104. The Labute approximate surface area is 130 Å². The van der Waals surface area contributed by atoms with Crippen molar-refractivity contribution in [2.45, 2.75) is 12.8 Å². The fourth-order valence-corrected chi connectivity index (χ4v) is 3.28. The van der Waals surface area contributed by atoms with Crippen LogP contribution in [-0.2, 0) is 12.8 Å². The Balaban J connectivity index is 1.67. The van der Waals surface area contributed by atoms with Crippen LogP contribution in [0, 0.1) is 0 Å². The molecule has 2 aromatic rings. The molecule has 0 aromatic heterocycles. The van der Waals surface area contributed by atoms with Gasteiger partial charge in [-0.3, -0.25) is 4.79 Å². The molecule has 0 spiro atoms. The largest absolute Gasteiger partial charge is 0.384 e. The van der Waals surface area contributed by atoms with E-state index in [9.17, 15) is 4.79 Å². The van der Waals surface area contributed by atoms with Gasteiger partial charge in [0.05, 0.1) is 0 Å². The van der Waals surface area contributed by atoms with E-state index in [4.69, 9.17) is 0 Å². The lowest BCUT2D eigenvalue weighted by Crippen LogP contribution is -2.10. The summed E-state index contributed by atoms with van der Waals surface area (Å²) in [6, 6.07) is 14.2. The molecule has 0 saturated heterocycles. The highest BCUT2D eigenvalue weighted by atomic mass is 16.1. The van der Waals surface area contributed by atoms with E-state index in [1.807, 2.05) is 24.3 Å². The Kier molecular flexibility index (Phi) is 2.97. The number of anilines is 1. The summed E-state index contributed by atoms with van der Waals surface area (Å²) in [5, 5.41) is 3.40. The van der Waals surface area contributed by atoms with Gasteiger partial charge in [-0.05, 0) is 52.8 Å². The number of nitrogens with one attached hydrogen (secondary N) is 1. The summed E-state index contributed by atoms with van der Waals surface area (Å²) in [7, 11) is 0. The summed E-state index contributed by atoms with van der Waals surface area (Å²) in [4.78, 5) is 12.3. The average Bonchev–Trinajstić information content (AvgIpc) is 3.00. The number of carbonyl (C=O) groups excluding carboxylic acids is 1. The summed E-state index contributed by atoms with van der Waals surface area (Å²) in [5.74, 6) is 0.0808. The van der Waals surface area contributed by atoms with Gasteiger partial charge in [-0.1, -0.05) is 43.0 Å². The van der Waals surface area contributed by atoms with Gasteiger partial charge in [-0.2, -0.15) is 0 Å². The van der Waals surface area contributed by atoms with Gasteiger partial charge in [0.1, 0.15) is 0 Å². The van der Waals surface area contributed by atoms with Crippen LogP contribution in [0.2, 0.25) is 0 Å². The Bertz CT molecular complexity index is 829. The third kappa shape index (κ3) is 2.08. The van der Waals surface area contributed by atoms with E-state index in [1.165, 1.54) is 16.8 Å². The molecule has 0 unspecified atom stereocenters. The topological polar surface area (TPSA) is 29.1 Å². The second-order valence-corrected chi connectivity index (χ2v) is 5.90. The number of allylic oxidation sites excluding steroid dienone is 3. The molecule has 1 aliphatic heterocycles. The van der Waals surface area contributed by atoms with Crippen molar-refractivity contribution in [3.8, 4) is 0 Å². The average molecular weight is 287 g/mol. The van der Waals surface area contributed by atoms with Crippen molar-refractivity contribution in [2.24, 2.45) is 0 Å². The first kappa shape index (κ1) is 13.1. The molecule has 1 heterocycles. The van der Waals surface area contributed by atoms with Gasteiger partial charge in [0.15, 0.2) is 5.78 Å². The molecule has 0 fully saturated rings. The Hall–Kier alpha value is -2.61. The van der Waals surface area contributed by atoms with Crippen molar-refractivity contribution < 1.29 is 4.79 Å². The number of hydrogen-bond donors (Lipinski definition) is 1. The second-order valence-electron chi connectivity index (χ2n) is 5.90. The van der Waals surface area contributed by atoms with Gasteiger partial charge in [0.2, 0.25) is 0 Å². The molecule has 2 aromatic carbocycles. The Morgan fingerprint density at radius 2 is 1.91 bits per heavy atom. The van der Waals surface area contributed by atoms with Crippen LogP contribution in [0.5, 0.6) is 0 Å². The molecule has 0 atom stereocenters. The van der Waals surface area contributed by atoms with Gasteiger partial charge in [-0.25, -0.2) is 0 Å². The highest BCUT2D eigenvalue weighted by Crippen LogP contribution is 2.33. The van der Waals surface area contributed by atoms with E-state index in [0.717, 1.165) is 41.7 Å². The first-order valence-electron chi connectivity index (χ1n) is 7.61. The third-order valence-electron chi connectivity index (χ3n) is 4.49. The lowest BCUT2D eigenvalue weighted by Gasteiger charge is -2.19. The van der Waals surface area contributed by atoms with Crippen molar-refractivity contribution in [1.82, 2.24) is 0 Å². The van der Waals surface area contributed by atoms with E-state index in [-0.39, 0.29) is 5.78 Å². The number of rotatable bonds is 2. The number of hydrogen-bond acceptors (Lipinski definition) is 2. The second kappa shape index (κ2) is 4.99. The molecule has 2 nitrogen and oxygen atoms in total. The minimum absolute atomic E-state index is 0.0808. The monoisotopic (exact) mass is 287 g/mol. The molecule has 4 rings (SSSR count). The predicted octanol–water partition coefficient (Wildman–Crippen LogP) is 4.03. The summed E-state index contributed by atoms with van der Waals surface area (Å²) in [6.07, 6.45) is 3.58. The molecule has 1 N–H and O–H groups in total. The molecular weight excluding hydrogens is 270 g/mol. The van der Waals surface area contributed by atoms with Crippen molar-refractivity contribution >= 4 is 17.0 Å². The van der Waals surface area contributed by atoms with Crippen molar-refractivity contribution in [2.75, 3.05) is 11.9 Å². The minimum atomic E-state index is 0.0808. The molecule has 0 radical (unpaired) electrons. The molecule has 108 valence electrons. The van der Waals surface area contributed by atoms with E-state index in [2.05, 4.69) is 30.1 Å². The van der Waals surface area contributed by atoms with E-state index in [0.29, 0.717) is 0 Å². The number of benzene rings is 2. The van der Waals surface area contributed by atoms with Gasteiger partial charge >= 0.3 is 0 Å². The molecule has 1 aliphatic carbocycles. The van der Waals surface area contributed by atoms with E-state index < -0.39 is 0 Å². The number of fused-ring (bicyclic) bond motifs is 2. The van der Waals surface area contributed by atoms with E-state index in [1.54, 1.807) is 6.08 Å². The van der Waals surface area contributed by atoms with Crippen LogP contribution in [0.3, 0.4) is 0 Å². The Morgan fingerprint density at radius 3 is 2.77 bits per heavy atom. The molecule has 22 heavy (non-hydrogen) atoms. The zero-order valence-electron chi connectivity index (χ0n) is 12.4. The van der Waals surface area contributed by atoms with Crippen LogP contribution in [0.25, 0.3) is 5.57 Å². The molecule has 0 bridgehead atoms. The van der Waals surface area contributed by atoms with Gasteiger partial charge in [-0.15, -0.1) is 0 Å². The Morgan fingerprint density at radius 1 is 1.09 bits per heavy atom. The van der Waals surface area contributed by atoms with Crippen LogP contribution in [0.4, 0.5) is 5.69 Å². The number of ketones is 1. The summed E-state index contributed by atoms with van der Waals surface area (Å²) in [5.41, 5.74) is 7.52. The minimum Gasteiger partial charge on any atom is -0.384 e. The standard InChI is InChI=1S/C20H17NO/c1-13-16(12-20(22)18-5-3-2-4-17(13)18)10-14-6-7-15-8-9-21-19(15)11-14/h2-7,11-12,21H,1,8-10H2. The fraction of sp³-hybridized carbons (Fsp3) is 0.150. The maximum absolute atomic E-state index is 12.3. The highest BCUT2D eigenvalue weighted by molar-refractivity contribution is 6.13. The van der Waals surface area contributed by atoms with Gasteiger partial charge < -0.3 is 5.32 Å². The molecule has 0 saturated carbocycles. The molecular formula is C20H17NO. The molecule has 0 amide bonds. The fourth-order valence-electron chi connectivity index (χ4n) is 3.28. The quantitative estimate of drug-likeness (QED) is 0.903. The van der Waals surface area contributed by atoms with Crippen molar-refractivity contribution in [3.63, 3.8) is 0 Å². The summed E-state index contributed by atoms with van der Waals surface area (Å²) in [6.45, 7) is 5.22. The highest BCUT2D eigenvalue weighted by Gasteiger charge is 2.21. The zero-order valence-corrected chi connectivity index (χ0v) is 12.4. The predicted molar refractivity (Wildman–Crippen MR) is 90.2 cm³/mol. The van der Waals surface area contributed by atoms with Crippen LogP contribution >= 0.6 is 0 Å².